The summed E-state index contributed by atoms with van der Waals surface area (Å²) >= 11 is 0. The predicted octanol–water partition coefficient (Wildman–Crippen LogP) is 4.31. The van der Waals surface area contributed by atoms with Gasteiger partial charge in [0.05, 0.1) is 5.92 Å². The number of nitrogens with zero attached hydrogens (tertiary/aromatic N) is 1. The average molecular weight is 473 g/mol. The fraction of sp³-hybridized carbons (Fsp3) is 0.542. The standard InChI is InChI=1S/C24H33N4O4P/c1-15(16-6-5-7-19(13-16)33(3,4)31)22(29)25-21-14-20(27-28-21)17-8-9-18(12-17)32-23(30)26-24(2)10-11-24/h5-7,13-15,17-18H,8-12H2,1-4H3,(H,26,30)(H2,25,27,28,29). The van der Waals surface area contributed by atoms with E-state index in [1.807, 2.05) is 44.2 Å². The summed E-state index contributed by atoms with van der Waals surface area (Å²) in [6.07, 6.45) is 3.99. The highest BCUT2D eigenvalue weighted by Crippen LogP contribution is 2.38. The number of H-pyrrole nitrogens is 1. The molecule has 1 aromatic carbocycles. The van der Waals surface area contributed by atoms with Crippen LogP contribution in [-0.2, 0) is 14.1 Å². The molecular weight excluding hydrogens is 439 g/mol. The molecule has 2 aliphatic carbocycles. The third-order valence-corrected chi connectivity index (χ3v) is 8.26. The van der Waals surface area contributed by atoms with Crippen molar-refractivity contribution < 1.29 is 18.9 Å². The van der Waals surface area contributed by atoms with Crippen molar-refractivity contribution in [3.8, 4) is 0 Å². The summed E-state index contributed by atoms with van der Waals surface area (Å²) in [5.41, 5.74) is 1.66. The lowest BCUT2D eigenvalue weighted by atomic mass is 10.0. The van der Waals surface area contributed by atoms with Crippen molar-refractivity contribution in [2.24, 2.45) is 0 Å². The lowest BCUT2D eigenvalue weighted by Gasteiger charge is -2.16. The van der Waals surface area contributed by atoms with Gasteiger partial charge in [-0.2, -0.15) is 5.10 Å². The minimum Gasteiger partial charge on any atom is -0.446 e. The van der Waals surface area contributed by atoms with Gasteiger partial charge >= 0.3 is 6.09 Å². The summed E-state index contributed by atoms with van der Waals surface area (Å²) in [4.78, 5) is 24.9. The second-order valence-corrected chi connectivity index (χ2v) is 13.3. The van der Waals surface area contributed by atoms with Crippen molar-refractivity contribution in [1.29, 1.82) is 0 Å². The number of hydrogen-bond acceptors (Lipinski definition) is 5. The first-order valence-electron chi connectivity index (χ1n) is 11.5. The molecule has 2 amide bonds. The van der Waals surface area contributed by atoms with Gasteiger partial charge in [-0.3, -0.25) is 9.89 Å². The van der Waals surface area contributed by atoms with Crippen LogP contribution >= 0.6 is 7.14 Å². The Balaban J connectivity index is 1.32. The minimum atomic E-state index is -2.40. The monoisotopic (exact) mass is 472 g/mol. The molecule has 0 spiro atoms. The Labute approximate surface area is 194 Å². The number of hydrogen-bond donors (Lipinski definition) is 3. The number of aromatic amines is 1. The summed E-state index contributed by atoms with van der Waals surface area (Å²) in [5.74, 6) is 0.0890. The molecule has 2 aromatic rings. The van der Waals surface area contributed by atoms with Crippen molar-refractivity contribution in [3.63, 3.8) is 0 Å². The summed E-state index contributed by atoms with van der Waals surface area (Å²) in [6.45, 7) is 7.29. The fourth-order valence-electron chi connectivity index (χ4n) is 4.19. The number of carbonyl (C=O) groups excluding carboxylic acids is 2. The van der Waals surface area contributed by atoms with Crippen molar-refractivity contribution in [1.82, 2.24) is 15.5 Å². The molecule has 4 rings (SSSR count). The molecule has 3 unspecified atom stereocenters. The van der Waals surface area contributed by atoms with Crippen LogP contribution in [-0.4, -0.2) is 47.2 Å². The normalized spacial score (nSPS) is 22.4. The zero-order chi connectivity index (χ0) is 23.8. The third-order valence-electron chi connectivity index (χ3n) is 6.74. The van der Waals surface area contributed by atoms with Crippen molar-refractivity contribution in [2.75, 3.05) is 18.6 Å². The third kappa shape index (κ3) is 5.85. The molecular formula is C24H33N4O4P. The number of carbonyl (C=O) groups is 2. The first kappa shape index (κ1) is 23.6. The fourth-order valence-corrected chi connectivity index (χ4v) is 5.10. The Bertz CT molecular complexity index is 1090. The molecule has 0 bridgehead atoms. The summed E-state index contributed by atoms with van der Waals surface area (Å²) in [6, 6.07) is 9.25. The van der Waals surface area contributed by atoms with E-state index in [1.54, 1.807) is 13.3 Å². The number of rotatable bonds is 7. The first-order chi connectivity index (χ1) is 15.5. The molecule has 1 heterocycles. The van der Waals surface area contributed by atoms with E-state index < -0.39 is 13.1 Å². The first-order valence-corrected chi connectivity index (χ1v) is 14.1. The van der Waals surface area contributed by atoms with E-state index in [0.29, 0.717) is 5.82 Å². The SMILES string of the molecule is CC(C(=O)Nc1cc(C2CCC(OC(=O)NC3(C)CC3)C2)[nH]n1)c1cccc(P(C)(C)=O)c1. The molecule has 8 nitrogen and oxygen atoms in total. The van der Waals surface area contributed by atoms with E-state index in [0.717, 1.165) is 48.7 Å². The molecule has 2 saturated carbocycles. The summed E-state index contributed by atoms with van der Waals surface area (Å²) < 4.78 is 18.0. The molecule has 0 radical (unpaired) electrons. The number of aromatic nitrogens is 2. The molecule has 0 saturated heterocycles. The van der Waals surface area contributed by atoms with Gasteiger partial charge in [-0.1, -0.05) is 18.2 Å². The topological polar surface area (TPSA) is 113 Å². The second-order valence-electron chi connectivity index (χ2n) is 10.1. The van der Waals surface area contributed by atoms with Gasteiger partial charge in [0, 0.05) is 28.5 Å². The minimum absolute atomic E-state index is 0.0865. The zero-order valence-electron chi connectivity index (χ0n) is 19.7. The average Bonchev–Trinajstić information content (AvgIpc) is 3.13. The van der Waals surface area contributed by atoms with Crippen LogP contribution in [0.2, 0.25) is 0 Å². The maximum absolute atomic E-state index is 12.8. The Morgan fingerprint density at radius 3 is 2.70 bits per heavy atom. The smallest absolute Gasteiger partial charge is 0.407 e. The summed E-state index contributed by atoms with van der Waals surface area (Å²) in [5, 5.41) is 13.8. The van der Waals surface area contributed by atoms with Crippen LogP contribution in [0.15, 0.2) is 30.3 Å². The van der Waals surface area contributed by atoms with Gasteiger partial charge in [-0.05, 0) is 70.9 Å². The highest BCUT2D eigenvalue weighted by atomic mass is 31.2. The maximum atomic E-state index is 12.8. The Morgan fingerprint density at radius 1 is 1.24 bits per heavy atom. The molecule has 0 aliphatic heterocycles. The highest BCUT2D eigenvalue weighted by Gasteiger charge is 2.40. The Hall–Kier alpha value is -2.60. The van der Waals surface area contributed by atoms with Crippen molar-refractivity contribution in [3.05, 3.63) is 41.6 Å². The second kappa shape index (κ2) is 8.98. The van der Waals surface area contributed by atoms with E-state index in [2.05, 4.69) is 20.8 Å². The van der Waals surface area contributed by atoms with E-state index in [9.17, 15) is 14.2 Å². The Kier molecular flexibility index (Phi) is 6.41. The van der Waals surface area contributed by atoms with E-state index >= 15 is 0 Å². The predicted molar refractivity (Wildman–Crippen MR) is 129 cm³/mol. The molecule has 3 atom stereocenters. The van der Waals surface area contributed by atoms with Gasteiger partial charge in [-0.15, -0.1) is 0 Å². The van der Waals surface area contributed by atoms with Crippen molar-refractivity contribution in [2.45, 2.75) is 69.4 Å². The largest absolute Gasteiger partial charge is 0.446 e. The van der Waals surface area contributed by atoms with Crippen molar-refractivity contribution >= 4 is 30.3 Å². The van der Waals surface area contributed by atoms with Crippen LogP contribution in [0.4, 0.5) is 10.6 Å². The molecule has 33 heavy (non-hydrogen) atoms. The molecule has 2 aliphatic rings. The molecule has 178 valence electrons. The van der Waals surface area contributed by atoms with Crippen LogP contribution in [0.3, 0.4) is 0 Å². The number of benzene rings is 1. The number of ether oxygens (including phenoxy) is 1. The van der Waals surface area contributed by atoms with Gasteiger partial charge in [0.25, 0.3) is 0 Å². The number of anilines is 1. The van der Waals surface area contributed by atoms with Crippen LogP contribution in [0.25, 0.3) is 0 Å². The van der Waals surface area contributed by atoms with E-state index in [4.69, 9.17) is 4.74 Å². The molecule has 2 fully saturated rings. The lowest BCUT2D eigenvalue weighted by Crippen LogP contribution is -2.36. The van der Waals surface area contributed by atoms with Crippen LogP contribution in [0.5, 0.6) is 0 Å². The number of amides is 2. The van der Waals surface area contributed by atoms with Gasteiger partial charge in [0.1, 0.15) is 13.2 Å². The molecule has 3 N–H and O–H groups in total. The molecule has 9 heteroatoms. The quantitative estimate of drug-likeness (QED) is 0.520. The lowest BCUT2D eigenvalue weighted by molar-refractivity contribution is -0.117. The van der Waals surface area contributed by atoms with Gasteiger partial charge in [0.2, 0.25) is 5.91 Å². The van der Waals surface area contributed by atoms with Crippen LogP contribution in [0, 0.1) is 0 Å². The van der Waals surface area contributed by atoms with Crippen LogP contribution in [0.1, 0.15) is 69.0 Å². The van der Waals surface area contributed by atoms with E-state index in [1.165, 1.54) is 0 Å². The van der Waals surface area contributed by atoms with Gasteiger partial charge in [-0.25, -0.2) is 4.79 Å². The maximum Gasteiger partial charge on any atom is 0.407 e. The highest BCUT2D eigenvalue weighted by molar-refractivity contribution is 7.70. The van der Waals surface area contributed by atoms with Crippen LogP contribution < -0.4 is 15.9 Å². The van der Waals surface area contributed by atoms with Gasteiger partial charge in [0.15, 0.2) is 5.82 Å². The molecule has 1 aromatic heterocycles. The van der Waals surface area contributed by atoms with Gasteiger partial charge < -0.3 is 19.9 Å². The number of alkyl carbamates (subject to hydrolysis) is 1. The number of nitrogens with one attached hydrogen (secondary N) is 3. The van der Waals surface area contributed by atoms with E-state index in [-0.39, 0.29) is 29.6 Å². The zero-order valence-corrected chi connectivity index (χ0v) is 20.6. The Morgan fingerprint density at radius 2 is 2.00 bits per heavy atom. The summed E-state index contributed by atoms with van der Waals surface area (Å²) in [7, 11) is -2.40.